The van der Waals surface area contributed by atoms with Crippen molar-refractivity contribution in [1.82, 2.24) is 15.1 Å². The third-order valence-corrected chi connectivity index (χ3v) is 5.01. The molecular formula is C22H18ClF4N5O. The second kappa shape index (κ2) is 9.86. The topological polar surface area (TPSA) is 82.8 Å². The van der Waals surface area contributed by atoms with Gasteiger partial charge in [0.15, 0.2) is 5.69 Å². The van der Waals surface area contributed by atoms with Crippen LogP contribution in [-0.2, 0) is 17.5 Å². The maximum Gasteiger partial charge on any atom is 0.436 e. The van der Waals surface area contributed by atoms with Gasteiger partial charge >= 0.3 is 6.18 Å². The van der Waals surface area contributed by atoms with Crippen LogP contribution in [0, 0.1) is 18.2 Å². The molecule has 0 aliphatic heterocycles. The average Bonchev–Trinajstić information content (AvgIpc) is 3.06. The molecule has 1 amide bonds. The minimum Gasteiger partial charge on any atom is -0.353 e. The third kappa shape index (κ3) is 5.78. The highest BCUT2D eigenvalue weighted by molar-refractivity contribution is 6.32. The number of hydrogen-bond donors (Lipinski definition) is 3. The molecule has 3 aromatic rings. The van der Waals surface area contributed by atoms with E-state index < -0.39 is 35.2 Å². The Morgan fingerprint density at radius 1 is 1.15 bits per heavy atom. The molecule has 0 saturated carbocycles. The summed E-state index contributed by atoms with van der Waals surface area (Å²) in [6, 6.07) is 14.2. The van der Waals surface area contributed by atoms with E-state index in [1.807, 2.05) is 0 Å². The number of benzene rings is 2. The first kappa shape index (κ1) is 24.0. The molecule has 0 bridgehead atoms. The standard InChI is InChI=1S/C22H18ClF4N5O/c1-13-19(23)21(22(25,26)27)31-32(13)12-18(33)30-17(11-28)20(14-5-3-2-4-6-14)29-16-9-7-15(24)8-10-16/h2-11,28-29H,12H2,1H3,(H,30,33)/b20-17+,28-11?. The fourth-order valence-electron chi connectivity index (χ4n) is 2.93. The van der Waals surface area contributed by atoms with Crippen molar-refractivity contribution in [2.75, 3.05) is 5.32 Å². The van der Waals surface area contributed by atoms with Crippen LogP contribution < -0.4 is 10.6 Å². The predicted octanol–water partition coefficient (Wildman–Crippen LogP) is 5.25. The van der Waals surface area contributed by atoms with Gasteiger partial charge in [0.25, 0.3) is 0 Å². The Kier molecular flexibility index (Phi) is 7.17. The van der Waals surface area contributed by atoms with Crippen LogP contribution in [0.3, 0.4) is 0 Å². The predicted molar refractivity (Wildman–Crippen MR) is 117 cm³/mol. The molecule has 0 saturated heterocycles. The van der Waals surface area contributed by atoms with E-state index >= 15 is 0 Å². The van der Waals surface area contributed by atoms with Crippen molar-refractivity contribution in [3.63, 3.8) is 0 Å². The van der Waals surface area contributed by atoms with E-state index in [0.717, 1.165) is 10.9 Å². The lowest BCUT2D eigenvalue weighted by Crippen LogP contribution is -2.30. The van der Waals surface area contributed by atoms with Crippen LogP contribution >= 0.6 is 11.6 Å². The third-order valence-electron chi connectivity index (χ3n) is 4.56. The van der Waals surface area contributed by atoms with Crippen molar-refractivity contribution in [3.05, 3.63) is 88.1 Å². The first-order valence-corrected chi connectivity index (χ1v) is 9.90. The van der Waals surface area contributed by atoms with Crippen LogP contribution in [0.1, 0.15) is 17.0 Å². The van der Waals surface area contributed by atoms with Gasteiger partial charge in [0.1, 0.15) is 12.4 Å². The maximum atomic E-state index is 13.3. The first-order valence-electron chi connectivity index (χ1n) is 9.53. The van der Waals surface area contributed by atoms with Crippen molar-refractivity contribution >= 4 is 35.1 Å². The van der Waals surface area contributed by atoms with Gasteiger partial charge in [-0.25, -0.2) is 4.39 Å². The summed E-state index contributed by atoms with van der Waals surface area (Å²) >= 11 is 5.73. The Balaban J connectivity index is 1.91. The van der Waals surface area contributed by atoms with Gasteiger partial charge in [0, 0.05) is 17.5 Å². The quantitative estimate of drug-likeness (QED) is 0.320. The molecule has 172 valence electrons. The normalized spacial score (nSPS) is 12.2. The molecule has 0 spiro atoms. The monoisotopic (exact) mass is 479 g/mol. The van der Waals surface area contributed by atoms with Gasteiger partial charge in [-0.05, 0) is 31.2 Å². The Morgan fingerprint density at radius 3 is 2.33 bits per heavy atom. The second-order valence-corrected chi connectivity index (χ2v) is 7.26. The number of hydrogen-bond acceptors (Lipinski definition) is 4. The largest absolute Gasteiger partial charge is 0.436 e. The number of halogens is 5. The van der Waals surface area contributed by atoms with Crippen molar-refractivity contribution in [2.45, 2.75) is 19.6 Å². The summed E-state index contributed by atoms with van der Waals surface area (Å²) in [6.45, 7) is 0.758. The van der Waals surface area contributed by atoms with Crippen molar-refractivity contribution < 1.29 is 22.4 Å². The molecular weight excluding hydrogens is 462 g/mol. The van der Waals surface area contributed by atoms with Crippen molar-refractivity contribution in [1.29, 1.82) is 5.41 Å². The van der Waals surface area contributed by atoms with Crippen LogP contribution in [0.15, 0.2) is 60.3 Å². The summed E-state index contributed by atoms with van der Waals surface area (Å²) in [5.41, 5.74) is 0.179. The molecule has 0 radical (unpaired) electrons. The zero-order valence-electron chi connectivity index (χ0n) is 17.2. The summed E-state index contributed by atoms with van der Waals surface area (Å²) < 4.78 is 53.2. The van der Waals surface area contributed by atoms with E-state index in [-0.39, 0.29) is 11.4 Å². The number of amides is 1. The molecule has 33 heavy (non-hydrogen) atoms. The number of nitrogens with zero attached hydrogens (tertiary/aromatic N) is 2. The highest BCUT2D eigenvalue weighted by atomic mass is 35.5. The van der Waals surface area contributed by atoms with Gasteiger partial charge in [0.2, 0.25) is 5.91 Å². The maximum absolute atomic E-state index is 13.3. The minimum absolute atomic E-state index is 0.0211. The van der Waals surface area contributed by atoms with Gasteiger partial charge in [-0.1, -0.05) is 41.9 Å². The lowest BCUT2D eigenvalue weighted by atomic mass is 10.1. The average molecular weight is 480 g/mol. The molecule has 11 heteroatoms. The van der Waals surface area contributed by atoms with Gasteiger partial charge in [0.05, 0.1) is 22.1 Å². The zero-order valence-corrected chi connectivity index (χ0v) is 17.9. The summed E-state index contributed by atoms with van der Waals surface area (Å²) in [5, 5.41) is 16.2. The molecule has 1 heterocycles. The van der Waals surface area contributed by atoms with E-state index in [1.54, 1.807) is 30.3 Å². The second-order valence-electron chi connectivity index (χ2n) is 6.88. The smallest absolute Gasteiger partial charge is 0.353 e. The molecule has 3 rings (SSSR count). The summed E-state index contributed by atoms with van der Waals surface area (Å²) in [6.07, 6.45) is -3.87. The van der Waals surface area contributed by atoms with Crippen LogP contribution in [-0.4, -0.2) is 21.9 Å². The van der Waals surface area contributed by atoms with E-state index in [2.05, 4.69) is 15.7 Å². The van der Waals surface area contributed by atoms with E-state index in [1.165, 1.54) is 31.2 Å². The lowest BCUT2D eigenvalue weighted by molar-refractivity contribution is -0.141. The van der Waals surface area contributed by atoms with Gasteiger partial charge < -0.3 is 16.0 Å². The van der Waals surface area contributed by atoms with Crippen molar-refractivity contribution in [3.8, 4) is 0 Å². The van der Waals surface area contributed by atoms with Crippen LogP contribution in [0.2, 0.25) is 5.02 Å². The Hall–Kier alpha value is -3.66. The number of allylic oxidation sites excluding steroid dienone is 1. The zero-order chi connectivity index (χ0) is 24.2. The number of rotatable bonds is 7. The molecule has 0 aliphatic rings. The van der Waals surface area contributed by atoms with Crippen LogP contribution in [0.5, 0.6) is 0 Å². The molecule has 6 nitrogen and oxygen atoms in total. The lowest BCUT2D eigenvalue weighted by Gasteiger charge is -2.16. The van der Waals surface area contributed by atoms with Gasteiger partial charge in [-0.3, -0.25) is 9.48 Å². The highest BCUT2D eigenvalue weighted by Crippen LogP contribution is 2.35. The fourth-order valence-corrected chi connectivity index (χ4v) is 3.18. The molecule has 0 aliphatic carbocycles. The fraction of sp³-hybridized carbons (Fsp3) is 0.136. The van der Waals surface area contributed by atoms with E-state index in [9.17, 15) is 22.4 Å². The molecule has 1 aromatic heterocycles. The Morgan fingerprint density at radius 2 is 1.79 bits per heavy atom. The SMILES string of the molecule is Cc1c(Cl)c(C(F)(F)F)nn1CC(=O)N/C(C=N)=C(/Nc1ccc(F)cc1)c1ccccc1. The van der Waals surface area contributed by atoms with Gasteiger partial charge in [-0.15, -0.1) is 0 Å². The summed E-state index contributed by atoms with van der Waals surface area (Å²) in [5.74, 6) is -1.16. The number of carbonyl (C=O) groups excluding carboxylic acids is 1. The van der Waals surface area contributed by atoms with Crippen LogP contribution in [0.4, 0.5) is 23.2 Å². The van der Waals surface area contributed by atoms with E-state index in [4.69, 9.17) is 17.0 Å². The first-order chi connectivity index (χ1) is 15.6. The number of carbonyl (C=O) groups is 1. The Labute approximate surface area is 191 Å². The van der Waals surface area contributed by atoms with Crippen LogP contribution in [0.25, 0.3) is 5.70 Å². The molecule has 0 unspecified atom stereocenters. The van der Waals surface area contributed by atoms with Gasteiger partial charge in [-0.2, -0.15) is 18.3 Å². The highest BCUT2D eigenvalue weighted by Gasteiger charge is 2.38. The summed E-state index contributed by atoms with van der Waals surface area (Å²) in [4.78, 5) is 12.6. The molecule has 2 aromatic carbocycles. The number of aromatic nitrogens is 2. The molecule has 3 N–H and O–H groups in total. The number of alkyl halides is 3. The molecule has 0 fully saturated rings. The number of nitrogens with one attached hydrogen (secondary N) is 3. The van der Waals surface area contributed by atoms with Crippen molar-refractivity contribution in [2.24, 2.45) is 0 Å². The summed E-state index contributed by atoms with van der Waals surface area (Å²) in [7, 11) is 0. The Bertz CT molecular complexity index is 1190. The number of anilines is 1. The minimum atomic E-state index is -4.76. The van der Waals surface area contributed by atoms with E-state index in [0.29, 0.717) is 16.9 Å². The molecule has 0 atom stereocenters.